The normalized spacial score (nSPS) is 21.6. The fourth-order valence-corrected chi connectivity index (χ4v) is 8.71. The lowest BCUT2D eigenvalue weighted by Crippen LogP contribution is -2.47. The first-order valence-electron chi connectivity index (χ1n) is 17.1. The van der Waals surface area contributed by atoms with Crippen LogP contribution >= 0.6 is 7.75 Å². The van der Waals surface area contributed by atoms with Crippen LogP contribution in [0, 0.1) is 11.3 Å². The van der Waals surface area contributed by atoms with Gasteiger partial charge < -0.3 is 30.2 Å². The Kier molecular flexibility index (Phi) is 13.6. The van der Waals surface area contributed by atoms with E-state index in [9.17, 15) is 38.0 Å². The topological polar surface area (TPSA) is 267 Å². The molecule has 1 aliphatic rings. The number of fused-ring (bicyclic) bond motifs is 1. The number of anilines is 1. The van der Waals surface area contributed by atoms with Gasteiger partial charge >= 0.3 is 19.7 Å². The number of aliphatic hydroxyl groups is 2. The van der Waals surface area contributed by atoms with Gasteiger partial charge in [-0.2, -0.15) is 14.7 Å². The molecule has 296 valence electrons. The van der Waals surface area contributed by atoms with E-state index in [4.69, 9.17) is 29.0 Å². The summed E-state index contributed by atoms with van der Waals surface area (Å²) in [5, 5.41) is 38.8. The van der Waals surface area contributed by atoms with Gasteiger partial charge in [0.25, 0.3) is 0 Å². The number of ether oxygens (including phenoxy) is 3. The van der Waals surface area contributed by atoms with Gasteiger partial charge in [-0.05, 0) is 76.9 Å². The predicted octanol–water partition coefficient (Wildman–Crippen LogP) is 2.24. The zero-order chi connectivity index (χ0) is 40.1. The first-order valence-corrected chi connectivity index (χ1v) is 20.0. The standard InChI is InChI=1S/C33H46N7O12PS/c1-7-15-39(16-8-2)54(46,47)23-11-9-22(10-12-23)30(43)48-20-50-53(45,38-32(5,6)31(44)51-21(3)4)49-17-25-27(41)28(42)33(18-34,52-25)26-14-13-24-29(35)36-19-37-40(24)26/h9-14,19,21,25,27-28,41-42H,7-8,15-17,20H2,1-6H3,(H,38,45)(H2,35,36,37)/t25-,27-,28-,33+,53-/m1/s1. The van der Waals surface area contributed by atoms with Crippen LogP contribution in [0.15, 0.2) is 47.6 Å². The van der Waals surface area contributed by atoms with Gasteiger partial charge in [-0.1, -0.05) is 13.8 Å². The van der Waals surface area contributed by atoms with E-state index in [1.54, 1.807) is 13.8 Å². The van der Waals surface area contributed by atoms with Crippen LogP contribution < -0.4 is 10.8 Å². The van der Waals surface area contributed by atoms with Gasteiger partial charge in [0, 0.05) is 13.1 Å². The minimum atomic E-state index is -4.71. The number of nitriles is 1. The second kappa shape index (κ2) is 17.2. The largest absolute Gasteiger partial charge is 0.462 e. The third-order valence-corrected chi connectivity index (χ3v) is 11.9. The molecule has 0 bridgehead atoms. The van der Waals surface area contributed by atoms with Crippen molar-refractivity contribution >= 4 is 41.0 Å². The van der Waals surface area contributed by atoms with E-state index in [-0.39, 0.29) is 22.0 Å². The Morgan fingerprint density at radius 3 is 2.39 bits per heavy atom. The molecule has 1 fully saturated rings. The number of sulfonamides is 1. The summed E-state index contributed by atoms with van der Waals surface area (Å²) in [6.07, 6.45) is -3.31. The number of nitrogens with zero attached hydrogens (tertiary/aromatic N) is 5. The van der Waals surface area contributed by atoms with E-state index in [0.717, 1.165) is 6.33 Å². The van der Waals surface area contributed by atoms with E-state index in [1.807, 2.05) is 19.9 Å². The Balaban J connectivity index is 1.51. The van der Waals surface area contributed by atoms with E-state index >= 15 is 0 Å². The molecule has 0 spiro atoms. The summed E-state index contributed by atoms with van der Waals surface area (Å²) in [7, 11) is -8.51. The SMILES string of the molecule is CCCN(CCC)S(=O)(=O)c1ccc(C(=O)OCO[P@@](=O)(NC(C)(C)C(=O)OC(C)C)OC[C@H]2O[C@@](C#N)(c3ccc4c(N)ncnn34)[C@H](O)[C@@H]2O)cc1. The molecule has 3 aromatic rings. The van der Waals surface area contributed by atoms with Crippen LogP contribution in [-0.2, 0) is 48.2 Å². The van der Waals surface area contributed by atoms with Gasteiger partial charge in [-0.15, -0.1) is 0 Å². The van der Waals surface area contributed by atoms with Gasteiger partial charge in [-0.3, -0.25) is 13.8 Å². The van der Waals surface area contributed by atoms with Crippen LogP contribution in [0.2, 0.25) is 0 Å². The third-order valence-electron chi connectivity index (χ3n) is 8.25. The molecule has 5 N–H and O–H groups in total. The lowest BCUT2D eigenvalue weighted by atomic mass is 9.92. The molecule has 0 amide bonds. The van der Waals surface area contributed by atoms with Crippen LogP contribution in [0.25, 0.3) is 5.52 Å². The number of hydrogen-bond donors (Lipinski definition) is 4. The minimum Gasteiger partial charge on any atom is -0.462 e. The van der Waals surface area contributed by atoms with Crippen molar-refractivity contribution in [3.05, 3.63) is 54.0 Å². The van der Waals surface area contributed by atoms with E-state index in [1.165, 1.54) is 59.1 Å². The fraction of sp³-hybridized carbons (Fsp3) is 0.545. The number of hydrogen-bond acceptors (Lipinski definition) is 16. The molecular formula is C33H46N7O12PS. The average Bonchev–Trinajstić information content (AvgIpc) is 3.66. The summed E-state index contributed by atoms with van der Waals surface area (Å²) >= 11 is 0. The molecule has 3 heterocycles. The highest BCUT2D eigenvalue weighted by atomic mass is 32.2. The molecule has 19 nitrogen and oxygen atoms in total. The van der Waals surface area contributed by atoms with Crippen LogP contribution in [0.5, 0.6) is 0 Å². The van der Waals surface area contributed by atoms with E-state index in [0.29, 0.717) is 31.4 Å². The van der Waals surface area contributed by atoms with Gasteiger partial charge in [0.2, 0.25) is 22.4 Å². The quantitative estimate of drug-likeness (QED) is 0.0817. The number of nitrogens with one attached hydrogen (secondary N) is 1. The van der Waals surface area contributed by atoms with Crippen LogP contribution in [-0.4, -0.2) is 106 Å². The third kappa shape index (κ3) is 9.08. The van der Waals surface area contributed by atoms with Crippen molar-refractivity contribution in [1.82, 2.24) is 24.0 Å². The van der Waals surface area contributed by atoms with E-state index in [2.05, 4.69) is 15.2 Å². The number of carbonyl (C=O) groups is 2. The summed E-state index contributed by atoms with van der Waals surface area (Å²) in [6.45, 7) is 8.51. The first-order chi connectivity index (χ1) is 25.4. The summed E-state index contributed by atoms with van der Waals surface area (Å²) in [6, 6.07) is 9.83. The molecule has 1 saturated heterocycles. The van der Waals surface area contributed by atoms with Crippen molar-refractivity contribution in [2.24, 2.45) is 0 Å². The molecule has 0 saturated carbocycles. The maximum atomic E-state index is 14.2. The number of aromatic nitrogens is 3. The maximum Gasteiger partial charge on any atom is 0.409 e. The molecule has 1 aromatic carbocycles. The highest BCUT2D eigenvalue weighted by Crippen LogP contribution is 2.48. The Morgan fingerprint density at radius 2 is 1.80 bits per heavy atom. The highest BCUT2D eigenvalue weighted by Gasteiger charge is 2.58. The molecule has 0 aliphatic carbocycles. The molecule has 54 heavy (non-hydrogen) atoms. The van der Waals surface area contributed by atoms with Crippen molar-refractivity contribution in [2.75, 3.05) is 32.2 Å². The Morgan fingerprint density at radius 1 is 1.15 bits per heavy atom. The average molecular weight is 796 g/mol. The molecule has 0 unspecified atom stereocenters. The van der Waals surface area contributed by atoms with Crippen molar-refractivity contribution in [3.63, 3.8) is 0 Å². The van der Waals surface area contributed by atoms with Crippen LogP contribution in [0.1, 0.15) is 70.4 Å². The Hall–Kier alpha value is -4.03. The number of nitrogens with two attached hydrogens (primary N) is 1. The van der Waals surface area contributed by atoms with Crippen molar-refractivity contribution in [2.45, 2.75) is 94.8 Å². The Bertz CT molecular complexity index is 2000. The molecular weight excluding hydrogens is 749 g/mol. The van der Waals surface area contributed by atoms with Crippen LogP contribution in [0.4, 0.5) is 5.82 Å². The molecule has 4 rings (SSSR count). The smallest absolute Gasteiger partial charge is 0.409 e. The second-order valence-corrected chi connectivity index (χ2v) is 16.9. The first kappa shape index (κ1) is 42.7. The van der Waals surface area contributed by atoms with Crippen LogP contribution in [0.3, 0.4) is 0 Å². The highest BCUT2D eigenvalue weighted by molar-refractivity contribution is 7.89. The number of nitrogen functional groups attached to an aromatic ring is 1. The monoisotopic (exact) mass is 795 g/mol. The number of esters is 2. The summed E-state index contributed by atoms with van der Waals surface area (Å²) in [4.78, 5) is 29.7. The van der Waals surface area contributed by atoms with Gasteiger partial charge in [0.1, 0.15) is 41.8 Å². The predicted molar refractivity (Wildman–Crippen MR) is 191 cm³/mol. The lowest BCUT2D eigenvalue weighted by Gasteiger charge is -2.30. The lowest BCUT2D eigenvalue weighted by molar-refractivity contribution is -0.153. The maximum absolute atomic E-state index is 14.2. The van der Waals surface area contributed by atoms with Gasteiger partial charge in [0.05, 0.1) is 28.9 Å². The fourth-order valence-electron chi connectivity index (χ4n) is 5.57. The number of carbonyl (C=O) groups excluding carboxylic acids is 2. The van der Waals surface area contributed by atoms with Crippen molar-refractivity contribution < 1.29 is 56.0 Å². The molecule has 2 aromatic heterocycles. The number of benzene rings is 1. The zero-order valence-electron chi connectivity index (χ0n) is 30.7. The summed E-state index contributed by atoms with van der Waals surface area (Å²) < 4.78 is 70.2. The van der Waals surface area contributed by atoms with Crippen molar-refractivity contribution in [3.8, 4) is 6.07 Å². The number of rotatable bonds is 18. The molecule has 5 atom stereocenters. The zero-order valence-corrected chi connectivity index (χ0v) is 32.5. The summed E-state index contributed by atoms with van der Waals surface area (Å²) in [5.74, 6) is -1.74. The number of aliphatic hydroxyl groups excluding tert-OH is 2. The summed E-state index contributed by atoms with van der Waals surface area (Å²) in [5.41, 5.74) is 2.25. The minimum absolute atomic E-state index is 0.00932. The molecule has 1 aliphatic heterocycles. The van der Waals surface area contributed by atoms with E-state index < -0.39 is 78.7 Å². The van der Waals surface area contributed by atoms with Crippen molar-refractivity contribution in [1.29, 1.82) is 5.26 Å². The Labute approximate surface area is 312 Å². The second-order valence-electron chi connectivity index (χ2n) is 13.2. The van der Waals surface area contributed by atoms with Gasteiger partial charge in [0.15, 0.2) is 5.82 Å². The molecule has 0 radical (unpaired) electrons. The van der Waals surface area contributed by atoms with Gasteiger partial charge in [-0.25, -0.2) is 32.4 Å². The molecule has 21 heteroatoms.